The summed E-state index contributed by atoms with van der Waals surface area (Å²) < 4.78 is 2.08. The predicted molar refractivity (Wildman–Crippen MR) is 128 cm³/mol. The van der Waals surface area contributed by atoms with Gasteiger partial charge in [0.05, 0.1) is 0 Å². The number of hydrogen-bond acceptors (Lipinski definition) is 6. The Labute approximate surface area is 189 Å². The standard InChI is InChI=1S/C23H24N6O2S/c1-15-4-8-17(9-5-15)20-27-28-23(29(20)18-10-6-16(2)7-11-18)32-13-3-12-24-19-14-25-22(31)26-21(19)30/h4-11,14,24H,3,12-13H2,1-2H3,(H2,25,26,30,31). The molecule has 8 nitrogen and oxygen atoms in total. The van der Waals surface area contributed by atoms with Crippen molar-refractivity contribution in [3.8, 4) is 17.1 Å². The molecule has 2 heterocycles. The Morgan fingerprint density at radius 1 is 0.969 bits per heavy atom. The van der Waals surface area contributed by atoms with E-state index in [0.29, 0.717) is 12.2 Å². The first-order chi connectivity index (χ1) is 15.5. The summed E-state index contributed by atoms with van der Waals surface area (Å²) >= 11 is 1.61. The molecule has 4 aromatic rings. The molecule has 0 amide bonds. The van der Waals surface area contributed by atoms with Gasteiger partial charge in [-0.05, 0) is 32.4 Å². The van der Waals surface area contributed by atoms with Crippen LogP contribution >= 0.6 is 11.8 Å². The molecule has 0 unspecified atom stereocenters. The van der Waals surface area contributed by atoms with E-state index in [2.05, 4.69) is 92.4 Å². The van der Waals surface area contributed by atoms with Crippen molar-refractivity contribution in [3.05, 3.63) is 86.7 Å². The molecule has 32 heavy (non-hydrogen) atoms. The van der Waals surface area contributed by atoms with Crippen LogP contribution in [0.15, 0.2) is 69.5 Å². The smallest absolute Gasteiger partial charge is 0.325 e. The second kappa shape index (κ2) is 9.69. The third-order valence-electron chi connectivity index (χ3n) is 4.92. The fourth-order valence-corrected chi connectivity index (χ4v) is 4.07. The lowest BCUT2D eigenvalue weighted by atomic mass is 10.1. The van der Waals surface area contributed by atoms with Crippen molar-refractivity contribution in [2.75, 3.05) is 17.6 Å². The molecule has 0 atom stereocenters. The van der Waals surface area contributed by atoms with Crippen molar-refractivity contribution in [3.63, 3.8) is 0 Å². The summed E-state index contributed by atoms with van der Waals surface area (Å²) in [6, 6.07) is 16.6. The SMILES string of the molecule is Cc1ccc(-c2nnc(SCCCNc3c[nH]c(=O)[nH]c3=O)n2-c2ccc(C)cc2)cc1. The molecule has 2 aromatic heterocycles. The number of thioether (sulfide) groups is 1. The van der Waals surface area contributed by atoms with E-state index < -0.39 is 11.2 Å². The second-order valence-electron chi connectivity index (χ2n) is 7.46. The molecule has 0 aliphatic heterocycles. The van der Waals surface area contributed by atoms with Gasteiger partial charge in [0, 0.05) is 29.7 Å². The largest absolute Gasteiger partial charge is 0.379 e. The molecule has 0 spiro atoms. The zero-order valence-electron chi connectivity index (χ0n) is 17.9. The average Bonchev–Trinajstić information content (AvgIpc) is 3.20. The van der Waals surface area contributed by atoms with Crippen LogP contribution in [0.2, 0.25) is 0 Å². The molecule has 0 fully saturated rings. The van der Waals surface area contributed by atoms with Gasteiger partial charge >= 0.3 is 5.69 Å². The topological polar surface area (TPSA) is 108 Å². The third kappa shape index (κ3) is 5.00. The minimum absolute atomic E-state index is 0.346. The lowest BCUT2D eigenvalue weighted by Gasteiger charge is -2.11. The molecule has 2 aromatic carbocycles. The number of benzene rings is 2. The van der Waals surface area contributed by atoms with Gasteiger partial charge in [-0.1, -0.05) is 59.3 Å². The van der Waals surface area contributed by atoms with E-state index in [1.807, 2.05) is 0 Å². The van der Waals surface area contributed by atoms with E-state index in [0.717, 1.165) is 34.4 Å². The van der Waals surface area contributed by atoms with E-state index in [4.69, 9.17) is 0 Å². The number of aromatic nitrogens is 5. The lowest BCUT2D eigenvalue weighted by Crippen LogP contribution is -2.24. The molecular formula is C23H24N6O2S. The summed E-state index contributed by atoms with van der Waals surface area (Å²) in [6.45, 7) is 4.71. The monoisotopic (exact) mass is 448 g/mol. The van der Waals surface area contributed by atoms with Crippen molar-refractivity contribution < 1.29 is 0 Å². The number of nitrogens with one attached hydrogen (secondary N) is 3. The van der Waals surface area contributed by atoms with Crippen LogP contribution < -0.4 is 16.6 Å². The molecule has 0 radical (unpaired) electrons. The maximum absolute atomic E-state index is 11.7. The highest BCUT2D eigenvalue weighted by molar-refractivity contribution is 7.99. The Balaban J connectivity index is 1.49. The van der Waals surface area contributed by atoms with Gasteiger partial charge in [-0.25, -0.2) is 4.79 Å². The Bertz CT molecular complexity index is 1310. The summed E-state index contributed by atoms with van der Waals surface area (Å²) in [5.41, 5.74) is 3.80. The summed E-state index contributed by atoms with van der Waals surface area (Å²) in [4.78, 5) is 27.5. The Kier molecular flexibility index (Phi) is 6.55. The minimum atomic E-state index is -0.518. The number of nitrogens with zero attached hydrogens (tertiary/aromatic N) is 3. The average molecular weight is 449 g/mol. The molecule has 4 rings (SSSR count). The van der Waals surface area contributed by atoms with Crippen LogP contribution in [0, 0.1) is 13.8 Å². The third-order valence-corrected chi connectivity index (χ3v) is 5.94. The quantitative estimate of drug-likeness (QED) is 0.281. The van der Waals surface area contributed by atoms with E-state index in [1.54, 1.807) is 11.8 Å². The van der Waals surface area contributed by atoms with Crippen LogP contribution in [0.3, 0.4) is 0 Å². The Morgan fingerprint density at radius 2 is 1.66 bits per heavy atom. The van der Waals surface area contributed by atoms with Gasteiger partial charge < -0.3 is 10.3 Å². The number of H-pyrrole nitrogens is 2. The molecule has 3 N–H and O–H groups in total. The van der Waals surface area contributed by atoms with E-state index in [-0.39, 0.29) is 0 Å². The van der Waals surface area contributed by atoms with Crippen LogP contribution in [-0.4, -0.2) is 37.0 Å². The Morgan fingerprint density at radius 3 is 2.34 bits per heavy atom. The minimum Gasteiger partial charge on any atom is -0.379 e. The van der Waals surface area contributed by atoms with Gasteiger partial charge in [0.25, 0.3) is 5.56 Å². The van der Waals surface area contributed by atoms with Gasteiger partial charge in [0.2, 0.25) is 0 Å². The highest BCUT2D eigenvalue weighted by Gasteiger charge is 2.16. The molecule has 0 aliphatic carbocycles. The van der Waals surface area contributed by atoms with Crippen molar-refractivity contribution in [2.45, 2.75) is 25.4 Å². The van der Waals surface area contributed by atoms with Crippen molar-refractivity contribution >= 4 is 17.4 Å². The van der Waals surface area contributed by atoms with Gasteiger partial charge in [0.1, 0.15) is 5.69 Å². The zero-order chi connectivity index (χ0) is 22.5. The van der Waals surface area contributed by atoms with Crippen molar-refractivity contribution in [1.82, 2.24) is 24.7 Å². The van der Waals surface area contributed by atoms with Crippen molar-refractivity contribution in [2.24, 2.45) is 0 Å². The summed E-state index contributed by atoms with van der Waals surface area (Å²) in [6.07, 6.45) is 2.18. The van der Waals surface area contributed by atoms with E-state index >= 15 is 0 Å². The number of rotatable bonds is 8. The molecule has 0 aliphatic rings. The maximum atomic E-state index is 11.7. The molecule has 0 saturated carbocycles. The summed E-state index contributed by atoms with van der Waals surface area (Å²) in [5, 5.41) is 12.8. The first kappa shape index (κ1) is 21.6. The van der Waals surface area contributed by atoms with Crippen molar-refractivity contribution in [1.29, 1.82) is 0 Å². The van der Waals surface area contributed by atoms with Crippen LogP contribution in [0.4, 0.5) is 5.69 Å². The van der Waals surface area contributed by atoms with Crippen LogP contribution in [-0.2, 0) is 0 Å². The van der Waals surface area contributed by atoms with Crippen LogP contribution in [0.25, 0.3) is 17.1 Å². The first-order valence-electron chi connectivity index (χ1n) is 10.3. The fourth-order valence-electron chi connectivity index (χ4n) is 3.18. The fraction of sp³-hybridized carbons (Fsp3) is 0.217. The van der Waals surface area contributed by atoms with Gasteiger partial charge in [-0.3, -0.25) is 14.3 Å². The Hall–Kier alpha value is -3.59. The van der Waals surface area contributed by atoms with Crippen LogP contribution in [0.5, 0.6) is 0 Å². The number of anilines is 1. The lowest BCUT2D eigenvalue weighted by molar-refractivity contribution is 0.880. The molecule has 0 bridgehead atoms. The zero-order valence-corrected chi connectivity index (χ0v) is 18.7. The predicted octanol–water partition coefficient (Wildman–Crippen LogP) is 3.52. The van der Waals surface area contributed by atoms with Gasteiger partial charge in [-0.15, -0.1) is 10.2 Å². The normalized spacial score (nSPS) is 10.9. The number of hydrogen-bond donors (Lipinski definition) is 3. The molecule has 9 heteroatoms. The van der Waals surface area contributed by atoms with Gasteiger partial charge in [-0.2, -0.15) is 0 Å². The highest BCUT2D eigenvalue weighted by atomic mass is 32.2. The maximum Gasteiger partial charge on any atom is 0.325 e. The second-order valence-corrected chi connectivity index (χ2v) is 8.52. The first-order valence-corrected chi connectivity index (χ1v) is 11.3. The molecular weight excluding hydrogens is 424 g/mol. The number of aromatic amines is 2. The molecule has 164 valence electrons. The van der Waals surface area contributed by atoms with E-state index in [9.17, 15) is 9.59 Å². The van der Waals surface area contributed by atoms with E-state index in [1.165, 1.54) is 17.3 Å². The highest BCUT2D eigenvalue weighted by Crippen LogP contribution is 2.28. The summed E-state index contributed by atoms with van der Waals surface area (Å²) in [5.74, 6) is 1.58. The number of aryl methyl sites for hydroxylation is 2. The van der Waals surface area contributed by atoms with Gasteiger partial charge in [0.15, 0.2) is 11.0 Å². The summed E-state index contributed by atoms with van der Waals surface area (Å²) in [7, 11) is 0. The molecule has 0 saturated heterocycles. The van der Waals surface area contributed by atoms with Crippen LogP contribution in [0.1, 0.15) is 17.5 Å².